The fourth-order valence-corrected chi connectivity index (χ4v) is 2.38. The van der Waals surface area contributed by atoms with Crippen molar-refractivity contribution in [1.29, 1.82) is 0 Å². The van der Waals surface area contributed by atoms with Gasteiger partial charge in [0, 0.05) is 31.2 Å². The summed E-state index contributed by atoms with van der Waals surface area (Å²) in [4.78, 5) is 3.95. The van der Waals surface area contributed by atoms with Gasteiger partial charge in [-0.05, 0) is 49.4 Å². The van der Waals surface area contributed by atoms with Crippen molar-refractivity contribution in [2.75, 3.05) is 43.3 Å². The summed E-state index contributed by atoms with van der Waals surface area (Å²) in [5, 5.41) is 9.02. The first-order valence-electron chi connectivity index (χ1n) is 9.24. The van der Waals surface area contributed by atoms with E-state index >= 15 is 0 Å². The van der Waals surface area contributed by atoms with Crippen molar-refractivity contribution in [1.82, 2.24) is 0 Å². The number of hydrogen-bond donors (Lipinski definition) is 4. The third-order valence-corrected chi connectivity index (χ3v) is 3.96. The fourth-order valence-electron chi connectivity index (χ4n) is 2.38. The molecule has 5 N–H and O–H groups in total. The average molecular weight is 401 g/mol. The van der Waals surface area contributed by atoms with E-state index in [4.69, 9.17) is 15.2 Å². The largest absolute Gasteiger partial charge is 0.491 e. The molecule has 29 heavy (non-hydrogen) atoms. The number of halogens is 1. The van der Waals surface area contributed by atoms with Gasteiger partial charge in [-0.15, -0.1) is 0 Å². The Bertz CT molecular complexity index is 824. The van der Waals surface area contributed by atoms with Crippen LogP contribution in [0.1, 0.15) is 6.92 Å². The second-order valence-corrected chi connectivity index (χ2v) is 6.22. The minimum Gasteiger partial charge on any atom is -0.491 e. The van der Waals surface area contributed by atoms with Crippen molar-refractivity contribution in [2.45, 2.75) is 13.0 Å². The van der Waals surface area contributed by atoms with E-state index in [2.05, 4.69) is 20.9 Å². The van der Waals surface area contributed by atoms with Gasteiger partial charge in [-0.3, -0.25) is 0 Å². The monoisotopic (exact) mass is 401 g/mol. The van der Waals surface area contributed by atoms with Gasteiger partial charge < -0.3 is 31.2 Å². The lowest BCUT2D eigenvalue weighted by molar-refractivity contribution is 0.146. The highest BCUT2D eigenvalue weighted by Gasteiger charge is 2.08. The van der Waals surface area contributed by atoms with Crippen LogP contribution in [0, 0.1) is 0 Å². The molecule has 0 heterocycles. The lowest BCUT2D eigenvalue weighted by Crippen LogP contribution is -2.22. The van der Waals surface area contributed by atoms with Gasteiger partial charge in [0.1, 0.15) is 18.2 Å². The Morgan fingerprint density at radius 2 is 1.86 bits per heavy atom. The van der Waals surface area contributed by atoms with Crippen molar-refractivity contribution in [3.8, 4) is 5.75 Å². The lowest BCUT2D eigenvalue weighted by atomic mass is 10.2. The number of benzene rings is 2. The molecule has 0 radical (unpaired) electrons. The lowest BCUT2D eigenvalue weighted by Gasteiger charge is -2.14. The van der Waals surface area contributed by atoms with Gasteiger partial charge in [-0.1, -0.05) is 6.07 Å². The van der Waals surface area contributed by atoms with Crippen molar-refractivity contribution in [2.24, 2.45) is 10.7 Å². The molecule has 0 aliphatic heterocycles. The topological polar surface area (TPSA) is 92.9 Å². The maximum Gasteiger partial charge on any atom is 0.197 e. The number of anilines is 3. The fraction of sp³-hybridized carbons (Fsp3) is 0.286. The molecule has 8 heteroatoms. The molecular weight excluding hydrogens is 373 g/mol. The Balaban J connectivity index is 1.90. The van der Waals surface area contributed by atoms with E-state index in [1.54, 1.807) is 38.3 Å². The maximum atomic E-state index is 14.3. The molecule has 0 aromatic heterocycles. The number of nitrogens with one attached hydrogen (secondary N) is 3. The molecule has 0 aliphatic carbocycles. The summed E-state index contributed by atoms with van der Waals surface area (Å²) in [6, 6.07) is 14.2. The van der Waals surface area contributed by atoms with Crippen molar-refractivity contribution in [3.05, 3.63) is 60.6 Å². The summed E-state index contributed by atoms with van der Waals surface area (Å²) in [5.41, 5.74) is 8.29. The van der Waals surface area contributed by atoms with E-state index in [1.165, 1.54) is 0 Å². The Labute approximate surface area is 170 Å². The molecule has 1 unspecified atom stereocenters. The number of aliphatic imine (C=N–C) groups is 1. The normalized spacial score (nSPS) is 13.0. The standard InChI is InChI=1S/C21H28FN5O2/c1-15(26-18-6-4-5-17(13-18)24-2)20(22)14-25-21(23)27-16-7-9-19(10-8-16)29-12-11-28-3/h4-10,13-15,24,26H,11-12H2,1-3H3,(H3,23,25,27)/b20-14+. The number of ether oxygens (including phenoxy) is 2. The molecule has 0 fully saturated rings. The molecule has 2 rings (SSSR count). The van der Waals surface area contributed by atoms with Crippen LogP contribution in [0.25, 0.3) is 0 Å². The molecule has 0 aliphatic rings. The Morgan fingerprint density at radius 1 is 1.14 bits per heavy atom. The molecule has 0 bridgehead atoms. The van der Waals surface area contributed by atoms with Crippen LogP contribution in [-0.4, -0.2) is 39.4 Å². The Morgan fingerprint density at radius 3 is 2.55 bits per heavy atom. The number of rotatable bonds is 10. The summed E-state index contributed by atoms with van der Waals surface area (Å²) in [5.74, 6) is 0.361. The first-order valence-corrected chi connectivity index (χ1v) is 9.24. The highest BCUT2D eigenvalue weighted by Crippen LogP contribution is 2.18. The van der Waals surface area contributed by atoms with Gasteiger partial charge in [0.05, 0.1) is 18.8 Å². The Kier molecular flexibility index (Phi) is 8.78. The highest BCUT2D eigenvalue weighted by molar-refractivity contribution is 5.92. The van der Waals surface area contributed by atoms with Gasteiger partial charge in [0.25, 0.3) is 0 Å². The molecule has 7 nitrogen and oxygen atoms in total. The van der Waals surface area contributed by atoms with Gasteiger partial charge in [-0.2, -0.15) is 0 Å². The predicted molar refractivity (Wildman–Crippen MR) is 117 cm³/mol. The molecule has 2 aromatic rings. The number of nitrogens with zero attached hydrogens (tertiary/aromatic N) is 1. The highest BCUT2D eigenvalue weighted by atomic mass is 19.1. The van der Waals surface area contributed by atoms with Gasteiger partial charge >= 0.3 is 0 Å². The van der Waals surface area contributed by atoms with Crippen molar-refractivity contribution in [3.63, 3.8) is 0 Å². The van der Waals surface area contributed by atoms with E-state index in [-0.39, 0.29) is 5.96 Å². The van der Waals surface area contributed by atoms with Crippen LogP contribution in [0.3, 0.4) is 0 Å². The van der Waals surface area contributed by atoms with E-state index in [1.807, 2.05) is 31.3 Å². The molecule has 0 saturated heterocycles. The second-order valence-electron chi connectivity index (χ2n) is 6.22. The number of nitrogens with two attached hydrogens (primary N) is 1. The minimum absolute atomic E-state index is 0.0811. The van der Waals surface area contributed by atoms with Crippen LogP contribution >= 0.6 is 0 Å². The van der Waals surface area contributed by atoms with Gasteiger partial charge in [0.2, 0.25) is 0 Å². The molecule has 156 valence electrons. The quantitative estimate of drug-likeness (QED) is 0.275. The molecule has 2 aromatic carbocycles. The predicted octanol–water partition coefficient (Wildman–Crippen LogP) is 3.79. The summed E-state index contributed by atoms with van der Waals surface area (Å²) in [6.45, 7) is 2.70. The van der Waals surface area contributed by atoms with Gasteiger partial charge in [-0.25, -0.2) is 9.38 Å². The van der Waals surface area contributed by atoms with Crippen LogP contribution in [0.15, 0.2) is 65.6 Å². The van der Waals surface area contributed by atoms with Crippen LogP contribution in [0.2, 0.25) is 0 Å². The van der Waals surface area contributed by atoms with Crippen LogP contribution < -0.4 is 26.4 Å². The number of guanidine groups is 1. The molecule has 1 atom stereocenters. The zero-order valence-electron chi connectivity index (χ0n) is 16.9. The van der Waals surface area contributed by atoms with E-state index < -0.39 is 11.9 Å². The number of hydrogen-bond acceptors (Lipinski definition) is 5. The second kappa shape index (κ2) is 11.6. The van der Waals surface area contributed by atoms with Crippen LogP contribution in [-0.2, 0) is 4.74 Å². The van der Waals surface area contributed by atoms with Crippen LogP contribution in [0.4, 0.5) is 21.5 Å². The first kappa shape index (κ1) is 22.0. The van der Waals surface area contributed by atoms with E-state index in [0.717, 1.165) is 23.3 Å². The summed E-state index contributed by atoms with van der Waals surface area (Å²) in [6.07, 6.45) is 1.10. The van der Waals surface area contributed by atoms with Crippen LogP contribution in [0.5, 0.6) is 5.75 Å². The zero-order chi connectivity index (χ0) is 21.1. The number of methoxy groups -OCH3 is 1. The molecule has 0 saturated carbocycles. The smallest absolute Gasteiger partial charge is 0.197 e. The molecular formula is C21H28FN5O2. The summed E-state index contributed by atoms with van der Waals surface area (Å²) >= 11 is 0. The van der Waals surface area contributed by atoms with E-state index in [9.17, 15) is 4.39 Å². The Hall–Kier alpha value is -3.26. The minimum atomic E-state index is -0.554. The average Bonchev–Trinajstić information content (AvgIpc) is 2.73. The SMILES string of the molecule is CNc1cccc(NC(C)/C(F)=C\N=C(N)Nc2ccc(OCCOC)cc2)c1. The van der Waals surface area contributed by atoms with Gasteiger partial charge in [0.15, 0.2) is 5.96 Å². The van der Waals surface area contributed by atoms with E-state index in [0.29, 0.717) is 18.9 Å². The zero-order valence-corrected chi connectivity index (χ0v) is 16.9. The summed E-state index contributed by atoms with van der Waals surface area (Å²) in [7, 11) is 3.45. The first-order chi connectivity index (χ1) is 14.0. The molecule has 0 amide bonds. The van der Waals surface area contributed by atoms with Crippen molar-refractivity contribution >= 4 is 23.0 Å². The third kappa shape index (κ3) is 7.71. The summed E-state index contributed by atoms with van der Waals surface area (Å²) < 4.78 is 24.8. The third-order valence-electron chi connectivity index (χ3n) is 3.96. The van der Waals surface area contributed by atoms with Crippen molar-refractivity contribution < 1.29 is 13.9 Å². The molecule has 0 spiro atoms. The maximum absolute atomic E-state index is 14.3.